The van der Waals surface area contributed by atoms with Crippen molar-refractivity contribution in [3.8, 4) is 5.75 Å². The first-order valence-electron chi connectivity index (χ1n) is 8.74. The predicted molar refractivity (Wildman–Crippen MR) is 95.5 cm³/mol. The molecule has 0 radical (unpaired) electrons. The third-order valence-electron chi connectivity index (χ3n) is 4.30. The third kappa shape index (κ3) is 6.88. The second kappa shape index (κ2) is 12.3. The monoisotopic (exact) mass is 327 g/mol. The molecule has 2 rings (SSSR count). The fraction of sp³-hybridized carbons (Fsp3) is 0.684. The summed E-state index contributed by atoms with van der Waals surface area (Å²) in [5.74, 6) is 5.05. The third-order valence-corrected chi connectivity index (χ3v) is 4.30. The molecule has 1 aromatic rings. The molecule has 0 bridgehead atoms. The molecule has 0 amide bonds. The molecule has 3 unspecified atom stereocenters. The van der Waals surface area contributed by atoms with Crippen LogP contribution in [0.3, 0.4) is 0 Å². The van der Waals surface area contributed by atoms with Gasteiger partial charge in [0.15, 0.2) is 0 Å². The second-order valence-electron chi connectivity index (χ2n) is 5.77. The van der Waals surface area contributed by atoms with Gasteiger partial charge in [0.25, 0.3) is 0 Å². The molecule has 3 nitrogen and oxygen atoms in total. The number of hydrogen-bond donors (Lipinski definition) is 2. The molecule has 0 aliphatic heterocycles. The van der Waals surface area contributed by atoms with Crippen LogP contribution in [0.1, 0.15) is 82.8 Å². The van der Waals surface area contributed by atoms with Crippen molar-refractivity contribution >= 4 is 0 Å². The number of benzene rings is 1. The van der Waals surface area contributed by atoms with Gasteiger partial charge in [0.05, 0.1) is 7.11 Å². The van der Waals surface area contributed by atoms with Crippen molar-refractivity contribution in [3.05, 3.63) is 29.3 Å². The molecule has 134 valence electrons. The van der Waals surface area contributed by atoms with E-state index in [9.17, 15) is 9.50 Å². The van der Waals surface area contributed by atoms with E-state index >= 15 is 0 Å². The average molecular weight is 327 g/mol. The molecule has 1 aliphatic carbocycles. The highest BCUT2D eigenvalue weighted by atomic mass is 19.1. The Morgan fingerprint density at radius 1 is 1.30 bits per heavy atom. The van der Waals surface area contributed by atoms with E-state index in [0.717, 1.165) is 36.8 Å². The number of rotatable bonds is 3. The minimum atomic E-state index is -0.715. The largest absolute Gasteiger partial charge is 0.508 e. The van der Waals surface area contributed by atoms with E-state index in [-0.39, 0.29) is 5.92 Å². The lowest BCUT2D eigenvalue weighted by Crippen LogP contribution is -2.18. The molecule has 1 aliphatic rings. The second-order valence-corrected chi connectivity index (χ2v) is 5.77. The molecule has 1 saturated carbocycles. The Balaban J connectivity index is 0.000000868. The summed E-state index contributed by atoms with van der Waals surface area (Å²) in [5.41, 5.74) is 2.03. The number of nitrogens with two attached hydrogens (primary N) is 1. The Morgan fingerprint density at radius 3 is 2.39 bits per heavy atom. The summed E-state index contributed by atoms with van der Waals surface area (Å²) in [4.78, 5) is 3.75. The van der Waals surface area contributed by atoms with Gasteiger partial charge in [0.1, 0.15) is 11.9 Å². The van der Waals surface area contributed by atoms with Crippen LogP contribution >= 0.6 is 0 Å². The Bertz CT molecular complexity index is 426. The van der Waals surface area contributed by atoms with Crippen molar-refractivity contribution in [1.29, 1.82) is 0 Å². The summed E-state index contributed by atoms with van der Waals surface area (Å²) in [5, 5.41) is 9.91. The summed E-state index contributed by atoms with van der Waals surface area (Å²) in [6.07, 6.45) is 4.02. The van der Waals surface area contributed by atoms with Gasteiger partial charge in [-0.3, -0.25) is 0 Å². The highest BCUT2D eigenvalue weighted by Crippen LogP contribution is 2.38. The summed E-state index contributed by atoms with van der Waals surface area (Å²) >= 11 is 0. The minimum Gasteiger partial charge on any atom is -0.508 e. The predicted octanol–water partition coefficient (Wildman–Crippen LogP) is 5.43. The molecule has 0 heterocycles. The Hall–Kier alpha value is -1.13. The van der Waals surface area contributed by atoms with Gasteiger partial charge in [-0.1, -0.05) is 52.7 Å². The summed E-state index contributed by atoms with van der Waals surface area (Å²) in [7, 11) is 1.40. The maximum Gasteiger partial charge on any atom is 0.119 e. The number of phenolic OH excluding ortho intramolecular Hbond substituents is 1. The number of aromatic hydroxyl groups is 1. The average Bonchev–Trinajstić information content (AvgIpc) is 2.58. The zero-order valence-electron chi connectivity index (χ0n) is 15.3. The smallest absolute Gasteiger partial charge is 0.119 e. The summed E-state index contributed by atoms with van der Waals surface area (Å²) < 4.78 is 14.0. The van der Waals surface area contributed by atoms with Gasteiger partial charge in [-0.05, 0) is 42.4 Å². The maximum atomic E-state index is 14.0. The van der Waals surface area contributed by atoms with E-state index in [1.807, 2.05) is 26.0 Å². The van der Waals surface area contributed by atoms with Crippen LogP contribution < -0.4 is 5.90 Å². The lowest BCUT2D eigenvalue weighted by Gasteiger charge is -2.27. The maximum absolute atomic E-state index is 14.0. The zero-order chi connectivity index (χ0) is 17.8. The van der Waals surface area contributed by atoms with Crippen molar-refractivity contribution in [3.63, 3.8) is 0 Å². The molecular formula is C19H34FNO2. The van der Waals surface area contributed by atoms with Gasteiger partial charge in [-0.25, -0.2) is 10.3 Å². The lowest BCUT2D eigenvalue weighted by molar-refractivity contribution is 0.206. The number of halogens is 1. The molecule has 1 aromatic carbocycles. The molecule has 0 saturated heterocycles. The quantitative estimate of drug-likeness (QED) is 0.727. The first-order valence-corrected chi connectivity index (χ1v) is 8.74. The van der Waals surface area contributed by atoms with Gasteiger partial charge < -0.3 is 9.94 Å². The van der Waals surface area contributed by atoms with E-state index in [4.69, 9.17) is 0 Å². The molecule has 0 aromatic heterocycles. The fourth-order valence-electron chi connectivity index (χ4n) is 2.88. The summed E-state index contributed by atoms with van der Waals surface area (Å²) in [6, 6.07) is 5.65. The highest BCUT2D eigenvalue weighted by Gasteiger charge is 2.26. The zero-order valence-corrected chi connectivity index (χ0v) is 15.3. The Labute approximate surface area is 141 Å². The standard InChI is InChI=1S/C16H23FO.C2H6.CH5NO/c1-3-11(2)14-10-12(8-9-16(14)18)13-6-4-5-7-15(13)17;1-2;1-3-2/h8-11,13,15,18H,3-7H2,1-2H3;1-2H3;2H2,1H3. The van der Waals surface area contributed by atoms with Crippen molar-refractivity contribution < 1.29 is 14.3 Å². The Morgan fingerprint density at radius 2 is 1.87 bits per heavy atom. The van der Waals surface area contributed by atoms with Crippen molar-refractivity contribution in [1.82, 2.24) is 0 Å². The molecule has 3 atom stereocenters. The van der Waals surface area contributed by atoms with Crippen LogP contribution in [0.4, 0.5) is 4.39 Å². The SMILES string of the molecule is CC.CCC(C)c1cc(C2CCCCC2F)ccc1O.CON. The van der Waals surface area contributed by atoms with Crippen molar-refractivity contribution in [2.24, 2.45) is 5.90 Å². The van der Waals surface area contributed by atoms with E-state index in [2.05, 4.69) is 24.6 Å². The fourth-order valence-corrected chi connectivity index (χ4v) is 2.88. The Kier molecular flexibility index (Phi) is 11.7. The summed E-state index contributed by atoms with van der Waals surface area (Å²) in [6.45, 7) is 8.21. The normalized spacial score (nSPS) is 21.3. The van der Waals surface area contributed by atoms with Gasteiger partial charge in [-0.2, -0.15) is 0 Å². The van der Waals surface area contributed by atoms with E-state index in [1.165, 1.54) is 7.11 Å². The van der Waals surface area contributed by atoms with Crippen molar-refractivity contribution in [2.75, 3.05) is 7.11 Å². The van der Waals surface area contributed by atoms with E-state index < -0.39 is 6.17 Å². The van der Waals surface area contributed by atoms with Crippen LogP contribution in [0.2, 0.25) is 0 Å². The van der Waals surface area contributed by atoms with Crippen LogP contribution in [0, 0.1) is 0 Å². The van der Waals surface area contributed by atoms with Crippen LogP contribution in [-0.2, 0) is 4.84 Å². The van der Waals surface area contributed by atoms with Crippen molar-refractivity contribution in [2.45, 2.75) is 77.8 Å². The first-order chi connectivity index (χ1) is 11.0. The van der Waals surface area contributed by atoms with Gasteiger partial charge >= 0.3 is 0 Å². The van der Waals surface area contributed by atoms with Crippen LogP contribution in [0.25, 0.3) is 0 Å². The molecule has 1 fully saturated rings. The van der Waals surface area contributed by atoms with E-state index in [1.54, 1.807) is 6.07 Å². The molecule has 0 spiro atoms. The topological polar surface area (TPSA) is 55.5 Å². The number of alkyl halides is 1. The molecule has 3 N–H and O–H groups in total. The lowest BCUT2D eigenvalue weighted by atomic mass is 9.81. The van der Waals surface area contributed by atoms with Crippen LogP contribution in [0.5, 0.6) is 5.75 Å². The first kappa shape index (κ1) is 21.9. The van der Waals surface area contributed by atoms with Crippen LogP contribution in [0.15, 0.2) is 18.2 Å². The van der Waals surface area contributed by atoms with Gasteiger partial charge in [0.2, 0.25) is 0 Å². The molecule has 4 heteroatoms. The van der Waals surface area contributed by atoms with Crippen LogP contribution in [-0.4, -0.2) is 18.4 Å². The molecule has 23 heavy (non-hydrogen) atoms. The number of phenols is 1. The molecular weight excluding hydrogens is 293 g/mol. The van der Waals surface area contributed by atoms with E-state index in [0.29, 0.717) is 18.1 Å². The van der Waals surface area contributed by atoms with Gasteiger partial charge in [-0.15, -0.1) is 0 Å². The van der Waals surface area contributed by atoms with Gasteiger partial charge in [0, 0.05) is 5.92 Å². The highest BCUT2D eigenvalue weighted by molar-refractivity contribution is 5.40. The minimum absolute atomic E-state index is 0.0298. The number of hydrogen-bond acceptors (Lipinski definition) is 3.